The van der Waals surface area contributed by atoms with Crippen LogP contribution >= 0.6 is 11.3 Å². The van der Waals surface area contributed by atoms with Gasteiger partial charge in [-0.1, -0.05) is 11.7 Å². The number of hydrogen-bond acceptors (Lipinski definition) is 12. The Labute approximate surface area is 297 Å². The molecular formula is C36H46N8O5S. The van der Waals surface area contributed by atoms with E-state index in [1.165, 1.54) is 0 Å². The van der Waals surface area contributed by atoms with E-state index in [4.69, 9.17) is 28.7 Å². The molecule has 6 rings (SSSR count). The standard InChI is InChI=1S/C36H46N8O5S/c1-9-27(26-12-11-15-43(26)8)47-29-17-22(46-23-19-44(20-23)34(45)48-35(2,3)4)16-25(39-29)31-40-33(49-41-31)36(5)14-10-13-28-30(36)24(18-37)32(50-28)38-21-42(6)7/h9,16-17,21,23,26-27H,1,10-15,19-20H2,2-8H3/b38-21+/t26?,27-,36-/m0/s1. The number of thiophene rings is 1. The minimum absolute atomic E-state index is 0.167. The van der Waals surface area contributed by atoms with Crippen molar-refractivity contribution in [3.05, 3.63) is 46.7 Å². The summed E-state index contributed by atoms with van der Waals surface area (Å²) in [5, 5.41) is 15.3. The van der Waals surface area contributed by atoms with Crippen molar-refractivity contribution in [2.24, 2.45) is 4.99 Å². The number of amides is 1. The number of nitrogens with zero attached hydrogens (tertiary/aromatic N) is 8. The van der Waals surface area contributed by atoms with Gasteiger partial charge in [0.2, 0.25) is 17.6 Å². The number of carbonyl (C=O) groups is 1. The molecule has 0 spiro atoms. The van der Waals surface area contributed by atoms with Crippen molar-refractivity contribution in [2.75, 3.05) is 40.8 Å². The Morgan fingerprint density at radius 2 is 2.06 bits per heavy atom. The minimum atomic E-state index is -0.683. The predicted octanol–water partition coefficient (Wildman–Crippen LogP) is 5.95. The molecule has 2 fully saturated rings. The number of fused-ring (bicyclic) bond motifs is 1. The summed E-state index contributed by atoms with van der Waals surface area (Å²) in [5.74, 6) is 1.54. The van der Waals surface area contributed by atoms with Gasteiger partial charge in [-0.15, -0.1) is 11.3 Å². The average Bonchev–Trinajstić information content (AvgIpc) is 3.78. The van der Waals surface area contributed by atoms with Gasteiger partial charge >= 0.3 is 6.09 Å². The van der Waals surface area contributed by atoms with Gasteiger partial charge in [0.1, 0.15) is 40.3 Å². The van der Waals surface area contributed by atoms with Gasteiger partial charge in [-0.2, -0.15) is 10.2 Å². The van der Waals surface area contributed by atoms with Crippen molar-refractivity contribution < 1.29 is 23.5 Å². The molecule has 0 saturated carbocycles. The third kappa shape index (κ3) is 7.34. The monoisotopic (exact) mass is 702 g/mol. The maximum atomic E-state index is 12.5. The lowest BCUT2D eigenvalue weighted by Gasteiger charge is -2.39. The van der Waals surface area contributed by atoms with E-state index in [9.17, 15) is 10.1 Å². The Morgan fingerprint density at radius 3 is 2.72 bits per heavy atom. The molecule has 5 heterocycles. The Bertz CT molecular complexity index is 1800. The van der Waals surface area contributed by atoms with Crippen LogP contribution in [-0.2, 0) is 16.6 Å². The highest BCUT2D eigenvalue weighted by Crippen LogP contribution is 2.50. The average molecular weight is 703 g/mol. The van der Waals surface area contributed by atoms with Gasteiger partial charge in [0.05, 0.1) is 36.4 Å². The molecule has 14 heteroatoms. The number of likely N-dealkylation sites (tertiary alicyclic amines) is 2. The highest BCUT2D eigenvalue weighted by atomic mass is 32.1. The van der Waals surface area contributed by atoms with Gasteiger partial charge in [0.15, 0.2) is 0 Å². The van der Waals surface area contributed by atoms with Crippen molar-refractivity contribution in [3.63, 3.8) is 0 Å². The van der Waals surface area contributed by atoms with Crippen LogP contribution < -0.4 is 9.47 Å². The Kier molecular flexibility index (Phi) is 9.92. The molecule has 2 aliphatic heterocycles. The molecule has 1 amide bonds. The molecule has 0 radical (unpaired) electrons. The summed E-state index contributed by atoms with van der Waals surface area (Å²) in [5.41, 5.74) is 0.604. The van der Waals surface area contributed by atoms with Crippen LogP contribution in [0, 0.1) is 11.3 Å². The lowest BCUT2D eigenvalue weighted by Crippen LogP contribution is -2.57. The van der Waals surface area contributed by atoms with Crippen molar-refractivity contribution in [2.45, 2.75) is 89.1 Å². The highest BCUT2D eigenvalue weighted by Gasteiger charge is 2.43. The number of aliphatic imine (C=N–C) groups is 1. The first-order chi connectivity index (χ1) is 23.8. The fraction of sp³-hybridized carbons (Fsp3) is 0.556. The Morgan fingerprint density at radius 1 is 1.28 bits per heavy atom. The molecule has 50 heavy (non-hydrogen) atoms. The molecule has 3 atom stereocenters. The number of nitriles is 1. The summed E-state index contributed by atoms with van der Waals surface area (Å²) >= 11 is 1.54. The number of pyridine rings is 1. The van der Waals surface area contributed by atoms with E-state index in [2.05, 4.69) is 41.7 Å². The molecule has 13 nitrogen and oxygen atoms in total. The van der Waals surface area contributed by atoms with Crippen LogP contribution in [0.15, 0.2) is 34.3 Å². The molecule has 0 aromatic carbocycles. The Balaban J connectivity index is 1.30. The number of aromatic nitrogens is 3. The summed E-state index contributed by atoms with van der Waals surface area (Å²) in [6.07, 6.45) is 7.19. The summed E-state index contributed by atoms with van der Waals surface area (Å²) in [6.45, 7) is 13.4. The van der Waals surface area contributed by atoms with E-state index >= 15 is 0 Å². The zero-order chi connectivity index (χ0) is 35.8. The fourth-order valence-electron chi connectivity index (χ4n) is 6.76. The summed E-state index contributed by atoms with van der Waals surface area (Å²) in [6, 6.07) is 6.08. The van der Waals surface area contributed by atoms with Crippen LogP contribution in [0.3, 0.4) is 0 Å². The van der Waals surface area contributed by atoms with Gasteiger partial charge in [-0.05, 0) is 79.5 Å². The quantitative estimate of drug-likeness (QED) is 0.140. The zero-order valence-electron chi connectivity index (χ0n) is 29.9. The van der Waals surface area contributed by atoms with Crippen molar-refractivity contribution in [3.8, 4) is 29.2 Å². The first-order valence-corrected chi connectivity index (χ1v) is 17.9. The van der Waals surface area contributed by atoms with Crippen LogP contribution in [-0.4, -0.2) is 107 Å². The van der Waals surface area contributed by atoms with Crippen LogP contribution in [0.4, 0.5) is 9.80 Å². The lowest BCUT2D eigenvalue weighted by atomic mass is 9.72. The third-order valence-electron chi connectivity index (χ3n) is 9.26. The van der Waals surface area contributed by atoms with E-state index in [0.717, 1.165) is 49.1 Å². The van der Waals surface area contributed by atoms with Crippen LogP contribution in [0.1, 0.15) is 75.3 Å². The minimum Gasteiger partial charge on any atom is -0.486 e. The molecule has 3 aromatic rings. The molecule has 1 unspecified atom stereocenters. The molecule has 3 aliphatic rings. The van der Waals surface area contributed by atoms with Gasteiger partial charge in [0, 0.05) is 36.7 Å². The maximum Gasteiger partial charge on any atom is 0.410 e. The Hall–Kier alpha value is -4.48. The van der Waals surface area contributed by atoms with Crippen LogP contribution in [0.25, 0.3) is 11.5 Å². The van der Waals surface area contributed by atoms with Crippen molar-refractivity contribution in [1.29, 1.82) is 5.26 Å². The normalized spacial score (nSPS) is 21.7. The lowest BCUT2D eigenvalue weighted by molar-refractivity contribution is -0.0222. The molecule has 2 saturated heterocycles. The number of carbonyl (C=O) groups excluding carboxylic acids is 1. The van der Waals surface area contributed by atoms with Gasteiger partial charge < -0.3 is 28.5 Å². The predicted molar refractivity (Wildman–Crippen MR) is 190 cm³/mol. The van der Waals surface area contributed by atoms with E-state index in [1.54, 1.807) is 34.7 Å². The molecule has 0 bridgehead atoms. The number of aryl methyl sites for hydroxylation is 1. The number of hydrogen-bond donors (Lipinski definition) is 0. The second-order valence-corrected chi connectivity index (χ2v) is 15.8. The summed E-state index contributed by atoms with van der Waals surface area (Å²) in [4.78, 5) is 33.7. The summed E-state index contributed by atoms with van der Waals surface area (Å²) in [7, 11) is 5.88. The maximum absolute atomic E-state index is 12.5. The van der Waals surface area contributed by atoms with E-state index in [-0.39, 0.29) is 30.2 Å². The van der Waals surface area contributed by atoms with E-state index < -0.39 is 11.0 Å². The van der Waals surface area contributed by atoms with Gasteiger partial charge in [-0.3, -0.25) is 4.90 Å². The van der Waals surface area contributed by atoms with Crippen LogP contribution in [0.2, 0.25) is 0 Å². The van der Waals surface area contributed by atoms with Crippen LogP contribution in [0.5, 0.6) is 11.6 Å². The van der Waals surface area contributed by atoms with E-state index in [1.807, 2.05) is 45.8 Å². The first-order valence-electron chi connectivity index (χ1n) is 17.1. The molecule has 0 N–H and O–H groups in total. The van der Waals surface area contributed by atoms with E-state index in [0.29, 0.717) is 46.9 Å². The zero-order valence-corrected chi connectivity index (χ0v) is 30.7. The highest BCUT2D eigenvalue weighted by molar-refractivity contribution is 7.16. The van der Waals surface area contributed by atoms with Gasteiger partial charge in [-0.25, -0.2) is 14.8 Å². The number of rotatable bonds is 10. The molecule has 266 valence electrons. The SMILES string of the molecule is C=C[C@H](Oc1cc(OC2CN(C(=O)OC(C)(C)C)C2)cc(-c2noc([C@@]3(C)CCCc4sc(/N=C/N(C)C)c(C#N)c43)n2)n1)C1CCCN1C. The molecule has 1 aliphatic carbocycles. The first kappa shape index (κ1) is 35.3. The largest absolute Gasteiger partial charge is 0.486 e. The second kappa shape index (κ2) is 14.0. The number of ether oxygens (including phenoxy) is 3. The molecular weight excluding hydrogens is 657 g/mol. The topological polar surface area (TPSA) is 142 Å². The third-order valence-corrected chi connectivity index (χ3v) is 10.4. The summed E-state index contributed by atoms with van der Waals surface area (Å²) < 4.78 is 24.3. The molecule has 3 aromatic heterocycles. The van der Waals surface area contributed by atoms with Crippen molar-refractivity contribution in [1.82, 2.24) is 29.8 Å². The fourth-order valence-corrected chi connectivity index (χ4v) is 8.02. The number of likely N-dealkylation sites (N-methyl/N-ethyl adjacent to an activating group) is 1. The second-order valence-electron chi connectivity index (χ2n) is 14.7. The smallest absolute Gasteiger partial charge is 0.410 e. The van der Waals surface area contributed by atoms with Gasteiger partial charge in [0.25, 0.3) is 0 Å². The van der Waals surface area contributed by atoms with Crippen molar-refractivity contribution >= 4 is 28.8 Å².